The molecule has 7 heteroatoms. The zero-order valence-electron chi connectivity index (χ0n) is 8.78. The first kappa shape index (κ1) is 14.2. The fraction of sp³-hybridized carbons (Fsp3) is 0.333. The van der Waals surface area contributed by atoms with Gasteiger partial charge in [0.25, 0.3) is 0 Å². The van der Waals surface area contributed by atoms with Crippen LogP contribution in [-0.2, 0) is 9.09 Å². The molecule has 0 spiro atoms. The maximum atomic E-state index is 12.0. The van der Waals surface area contributed by atoms with Crippen molar-refractivity contribution >= 4 is 41.4 Å². The van der Waals surface area contributed by atoms with E-state index in [1.807, 2.05) is 0 Å². The molecule has 0 aliphatic carbocycles. The van der Waals surface area contributed by atoms with Crippen molar-refractivity contribution < 1.29 is 13.6 Å². The average Bonchev–Trinajstić information content (AvgIpc) is 2.23. The van der Waals surface area contributed by atoms with Gasteiger partial charge >= 0.3 is 6.80 Å². The van der Waals surface area contributed by atoms with Crippen LogP contribution in [0.3, 0.4) is 0 Å². The first-order chi connectivity index (χ1) is 7.50. The highest BCUT2D eigenvalue weighted by molar-refractivity contribution is 8.54. The van der Waals surface area contributed by atoms with Crippen LogP contribution in [0.1, 0.15) is 6.92 Å². The molecule has 16 heavy (non-hydrogen) atoms. The second kappa shape index (κ2) is 6.18. The fourth-order valence-corrected chi connectivity index (χ4v) is 3.49. The lowest BCUT2D eigenvalue weighted by molar-refractivity contribution is 0.296. The fourth-order valence-electron chi connectivity index (χ4n) is 0.944. The van der Waals surface area contributed by atoms with Gasteiger partial charge in [-0.25, -0.2) is 4.57 Å². The molecule has 1 unspecified atom stereocenters. The van der Waals surface area contributed by atoms with Crippen molar-refractivity contribution in [1.29, 1.82) is 0 Å². The molecule has 0 bridgehead atoms. The van der Waals surface area contributed by atoms with Crippen molar-refractivity contribution in [2.45, 2.75) is 6.92 Å². The highest BCUT2D eigenvalue weighted by Crippen LogP contribution is 2.59. The van der Waals surface area contributed by atoms with Crippen molar-refractivity contribution in [3.05, 3.63) is 28.2 Å². The van der Waals surface area contributed by atoms with E-state index in [9.17, 15) is 4.57 Å². The van der Waals surface area contributed by atoms with Crippen LogP contribution < -0.4 is 4.52 Å². The van der Waals surface area contributed by atoms with Crippen molar-refractivity contribution in [2.24, 2.45) is 0 Å². The standard InChI is InChI=1S/C9H11Cl2O3PS/c1-3-13-15(12,16-2)14-9-5-4-7(10)6-8(9)11/h4-6H,3H2,1-2H3. The van der Waals surface area contributed by atoms with Gasteiger partial charge in [0.2, 0.25) is 0 Å². The lowest BCUT2D eigenvalue weighted by atomic mass is 10.3. The Bertz CT molecular complexity index is 414. The molecule has 1 rings (SSSR count). The molecular formula is C9H11Cl2O3PS. The summed E-state index contributed by atoms with van der Waals surface area (Å²) >= 11 is 12.7. The van der Waals surface area contributed by atoms with E-state index < -0.39 is 6.80 Å². The predicted molar refractivity (Wildman–Crippen MR) is 69.8 cm³/mol. The predicted octanol–water partition coefficient (Wildman–Crippen LogP) is 4.88. The van der Waals surface area contributed by atoms with Crippen molar-refractivity contribution in [2.75, 3.05) is 12.9 Å². The minimum absolute atomic E-state index is 0.303. The molecular weight excluding hydrogens is 290 g/mol. The number of hydrogen-bond donors (Lipinski definition) is 0. The number of halogens is 2. The molecule has 1 atom stereocenters. The van der Waals surface area contributed by atoms with Crippen molar-refractivity contribution in [1.82, 2.24) is 0 Å². The average molecular weight is 301 g/mol. The third-order valence-corrected chi connectivity index (χ3v) is 5.47. The quantitative estimate of drug-likeness (QED) is 0.726. The molecule has 0 heterocycles. The molecule has 0 aromatic heterocycles. The molecule has 0 aliphatic rings. The van der Waals surface area contributed by atoms with Gasteiger partial charge < -0.3 is 4.52 Å². The first-order valence-electron chi connectivity index (χ1n) is 4.45. The second-order valence-electron chi connectivity index (χ2n) is 2.71. The van der Waals surface area contributed by atoms with Crippen LogP contribution in [0.4, 0.5) is 0 Å². The van der Waals surface area contributed by atoms with Gasteiger partial charge in [-0.1, -0.05) is 23.2 Å². The van der Waals surface area contributed by atoms with Gasteiger partial charge in [-0.2, -0.15) is 0 Å². The zero-order chi connectivity index (χ0) is 12.2. The van der Waals surface area contributed by atoms with Crippen LogP contribution in [0, 0.1) is 0 Å². The Kier molecular flexibility index (Phi) is 5.48. The van der Waals surface area contributed by atoms with Crippen LogP contribution in [0.5, 0.6) is 5.75 Å². The van der Waals surface area contributed by atoms with E-state index >= 15 is 0 Å². The van der Waals surface area contributed by atoms with Gasteiger partial charge in [0.15, 0.2) is 0 Å². The van der Waals surface area contributed by atoms with E-state index in [1.54, 1.807) is 25.3 Å². The molecule has 0 fully saturated rings. The van der Waals surface area contributed by atoms with E-state index in [0.29, 0.717) is 22.4 Å². The smallest absolute Gasteiger partial charge is 0.415 e. The molecule has 0 saturated heterocycles. The normalized spacial score (nSPS) is 14.5. The van der Waals surface area contributed by atoms with Gasteiger partial charge in [-0.05, 0) is 42.8 Å². The van der Waals surface area contributed by atoms with E-state index in [0.717, 1.165) is 11.4 Å². The number of hydrogen-bond acceptors (Lipinski definition) is 4. The molecule has 3 nitrogen and oxygen atoms in total. The molecule has 0 saturated carbocycles. The summed E-state index contributed by atoms with van der Waals surface area (Å²) in [6, 6.07) is 4.70. The third kappa shape index (κ3) is 3.86. The van der Waals surface area contributed by atoms with Crippen molar-refractivity contribution in [3.8, 4) is 5.75 Å². The molecule has 0 radical (unpaired) electrons. The second-order valence-corrected chi connectivity index (χ2v) is 7.69. The van der Waals surface area contributed by atoms with Crippen LogP contribution in [0.25, 0.3) is 0 Å². The lowest BCUT2D eigenvalue weighted by Gasteiger charge is -2.16. The maximum Gasteiger partial charge on any atom is 0.439 e. The molecule has 0 amide bonds. The summed E-state index contributed by atoms with van der Waals surface area (Å²) in [7, 11) is 0. The number of benzene rings is 1. The van der Waals surface area contributed by atoms with Crippen LogP contribution in [-0.4, -0.2) is 12.9 Å². The Morgan fingerprint density at radius 3 is 2.62 bits per heavy atom. The summed E-state index contributed by atoms with van der Waals surface area (Å²) in [4.78, 5) is 0. The van der Waals surface area contributed by atoms with Gasteiger partial charge in [0, 0.05) is 5.02 Å². The topological polar surface area (TPSA) is 35.5 Å². The summed E-state index contributed by atoms with van der Waals surface area (Å²) < 4.78 is 22.4. The molecule has 1 aromatic carbocycles. The Morgan fingerprint density at radius 2 is 2.12 bits per heavy atom. The van der Waals surface area contributed by atoms with Gasteiger partial charge in [0.05, 0.1) is 11.6 Å². The zero-order valence-corrected chi connectivity index (χ0v) is 12.0. The summed E-state index contributed by atoms with van der Waals surface area (Å²) in [6.45, 7) is -1.12. The summed E-state index contributed by atoms with van der Waals surface area (Å²) in [6.07, 6.45) is 1.65. The third-order valence-electron chi connectivity index (χ3n) is 1.61. The van der Waals surface area contributed by atoms with Crippen LogP contribution in [0.15, 0.2) is 18.2 Å². The lowest BCUT2D eigenvalue weighted by Crippen LogP contribution is -1.95. The van der Waals surface area contributed by atoms with Gasteiger partial charge in [-0.3, -0.25) is 4.52 Å². The molecule has 90 valence electrons. The van der Waals surface area contributed by atoms with Gasteiger partial charge in [-0.15, -0.1) is 0 Å². The Labute approximate surface area is 109 Å². The van der Waals surface area contributed by atoms with Crippen molar-refractivity contribution in [3.63, 3.8) is 0 Å². The highest BCUT2D eigenvalue weighted by atomic mass is 35.5. The highest BCUT2D eigenvalue weighted by Gasteiger charge is 2.25. The van der Waals surface area contributed by atoms with E-state index in [-0.39, 0.29) is 0 Å². The Hall–Kier alpha value is 0.140. The van der Waals surface area contributed by atoms with E-state index in [2.05, 4.69) is 0 Å². The van der Waals surface area contributed by atoms with E-state index in [4.69, 9.17) is 32.2 Å². The summed E-state index contributed by atoms with van der Waals surface area (Å²) in [5.41, 5.74) is 0. The SMILES string of the molecule is CCOP(=O)(Oc1ccc(Cl)cc1Cl)SC. The summed E-state index contributed by atoms with van der Waals surface area (Å²) in [5.74, 6) is 0.303. The first-order valence-corrected chi connectivity index (χ1v) is 8.58. The Balaban J connectivity index is 2.90. The van der Waals surface area contributed by atoms with E-state index in [1.165, 1.54) is 6.07 Å². The largest absolute Gasteiger partial charge is 0.439 e. The monoisotopic (exact) mass is 300 g/mol. The van der Waals surface area contributed by atoms with Crippen LogP contribution >= 0.6 is 41.4 Å². The van der Waals surface area contributed by atoms with Crippen LogP contribution in [0.2, 0.25) is 10.0 Å². The minimum atomic E-state index is -3.18. The minimum Gasteiger partial charge on any atom is -0.415 e. The summed E-state index contributed by atoms with van der Waals surface area (Å²) in [5, 5.41) is 0.800. The number of rotatable bonds is 5. The maximum absolute atomic E-state index is 12.0. The van der Waals surface area contributed by atoms with Gasteiger partial charge in [0.1, 0.15) is 5.75 Å². The Morgan fingerprint density at radius 1 is 1.44 bits per heavy atom. The molecule has 0 N–H and O–H groups in total. The molecule has 0 aliphatic heterocycles. The molecule has 1 aromatic rings.